The Hall–Kier alpha value is -1.52. The van der Waals surface area contributed by atoms with E-state index in [0.717, 1.165) is 32.7 Å². The number of nitrogens with two attached hydrogens (primary N) is 1. The van der Waals surface area contributed by atoms with Gasteiger partial charge < -0.3 is 15.2 Å². The molecule has 21 heavy (non-hydrogen) atoms. The Morgan fingerprint density at radius 1 is 1.00 bits per heavy atom. The molecule has 0 aliphatic rings. The minimum absolute atomic E-state index is 0.288. The second-order valence-electron chi connectivity index (χ2n) is 5.00. The largest absolute Gasteiger partial charge is 0.497 e. The van der Waals surface area contributed by atoms with Crippen LogP contribution in [0.25, 0.3) is 0 Å². The Balaban J connectivity index is 2.54. The zero-order valence-electron chi connectivity index (χ0n) is 12.7. The van der Waals surface area contributed by atoms with Crippen LogP contribution >= 0.6 is 15.9 Å². The number of benzene rings is 2. The van der Waals surface area contributed by atoms with E-state index in [-0.39, 0.29) is 6.04 Å². The lowest BCUT2D eigenvalue weighted by Crippen LogP contribution is -2.14. The van der Waals surface area contributed by atoms with Crippen LogP contribution in [0.3, 0.4) is 0 Å². The number of aryl methyl sites for hydroxylation is 1. The predicted octanol–water partition coefficient (Wildman–Crippen LogP) is 4.13. The molecule has 1 atom stereocenters. The first-order valence-corrected chi connectivity index (χ1v) is 7.52. The number of hydrogen-bond acceptors (Lipinski definition) is 3. The molecule has 0 bridgehead atoms. The van der Waals surface area contributed by atoms with Crippen molar-refractivity contribution >= 4 is 15.9 Å². The normalized spacial score (nSPS) is 12.1. The summed E-state index contributed by atoms with van der Waals surface area (Å²) in [7, 11) is 3.33. The number of rotatable bonds is 4. The highest BCUT2D eigenvalue weighted by Crippen LogP contribution is 2.36. The SMILES string of the molecule is COc1ccc(Br)c(C(N)c2ccc(C)c(C)c2OC)c1. The maximum Gasteiger partial charge on any atom is 0.127 e. The van der Waals surface area contributed by atoms with Gasteiger partial charge in [-0.1, -0.05) is 28.1 Å². The van der Waals surface area contributed by atoms with Gasteiger partial charge in [0.2, 0.25) is 0 Å². The summed E-state index contributed by atoms with van der Waals surface area (Å²) in [6, 6.07) is 9.60. The standard InChI is InChI=1S/C17H20BrNO2/c1-10-5-7-13(17(21-4)11(10)2)16(19)14-9-12(20-3)6-8-15(14)18/h5-9,16H,19H2,1-4H3. The molecule has 3 nitrogen and oxygen atoms in total. The number of methoxy groups -OCH3 is 2. The van der Waals surface area contributed by atoms with E-state index in [1.807, 2.05) is 31.2 Å². The van der Waals surface area contributed by atoms with Crippen molar-refractivity contribution in [3.63, 3.8) is 0 Å². The van der Waals surface area contributed by atoms with Gasteiger partial charge in [-0.05, 0) is 48.7 Å². The van der Waals surface area contributed by atoms with Crippen molar-refractivity contribution in [3.05, 3.63) is 57.1 Å². The van der Waals surface area contributed by atoms with Crippen molar-refractivity contribution in [2.45, 2.75) is 19.9 Å². The van der Waals surface area contributed by atoms with Crippen LogP contribution < -0.4 is 15.2 Å². The van der Waals surface area contributed by atoms with Gasteiger partial charge in [0.1, 0.15) is 11.5 Å². The maximum atomic E-state index is 6.47. The van der Waals surface area contributed by atoms with Crippen LogP contribution in [0.5, 0.6) is 11.5 Å². The first-order valence-electron chi connectivity index (χ1n) is 6.72. The van der Waals surface area contributed by atoms with Crippen LogP contribution in [0, 0.1) is 13.8 Å². The fourth-order valence-corrected chi connectivity index (χ4v) is 2.87. The van der Waals surface area contributed by atoms with Gasteiger partial charge in [0.25, 0.3) is 0 Å². The predicted molar refractivity (Wildman–Crippen MR) is 89.2 cm³/mol. The quantitative estimate of drug-likeness (QED) is 0.902. The first-order chi connectivity index (χ1) is 9.99. The monoisotopic (exact) mass is 349 g/mol. The molecule has 0 aliphatic heterocycles. The molecular weight excluding hydrogens is 330 g/mol. The summed E-state index contributed by atoms with van der Waals surface area (Å²) in [5, 5.41) is 0. The van der Waals surface area contributed by atoms with Gasteiger partial charge in [-0.15, -0.1) is 0 Å². The van der Waals surface area contributed by atoms with E-state index in [2.05, 4.69) is 28.9 Å². The average molecular weight is 350 g/mol. The molecule has 0 heterocycles. The van der Waals surface area contributed by atoms with Gasteiger partial charge in [-0.25, -0.2) is 0 Å². The highest BCUT2D eigenvalue weighted by atomic mass is 79.9. The van der Waals surface area contributed by atoms with E-state index in [4.69, 9.17) is 15.2 Å². The summed E-state index contributed by atoms with van der Waals surface area (Å²) in [6.07, 6.45) is 0. The number of hydrogen-bond donors (Lipinski definition) is 1. The molecule has 0 aromatic heterocycles. The van der Waals surface area contributed by atoms with E-state index >= 15 is 0 Å². The van der Waals surface area contributed by atoms with Crippen molar-refractivity contribution in [2.24, 2.45) is 5.73 Å². The van der Waals surface area contributed by atoms with Gasteiger partial charge in [0.05, 0.1) is 20.3 Å². The Labute approximate surface area is 134 Å². The van der Waals surface area contributed by atoms with Gasteiger partial charge in [0, 0.05) is 10.0 Å². The van der Waals surface area contributed by atoms with Crippen LogP contribution in [0.4, 0.5) is 0 Å². The molecule has 2 aromatic rings. The summed E-state index contributed by atoms with van der Waals surface area (Å²) in [5.41, 5.74) is 10.7. The molecule has 4 heteroatoms. The lowest BCUT2D eigenvalue weighted by Gasteiger charge is -2.20. The molecule has 0 saturated heterocycles. The summed E-state index contributed by atoms with van der Waals surface area (Å²) < 4.78 is 11.8. The summed E-state index contributed by atoms with van der Waals surface area (Å²) in [5.74, 6) is 1.63. The Bertz CT molecular complexity index is 655. The minimum atomic E-state index is -0.288. The number of halogens is 1. The summed E-state index contributed by atoms with van der Waals surface area (Å²) in [4.78, 5) is 0. The van der Waals surface area contributed by atoms with Crippen molar-refractivity contribution in [3.8, 4) is 11.5 Å². The first kappa shape index (κ1) is 15.9. The minimum Gasteiger partial charge on any atom is -0.497 e. The van der Waals surface area contributed by atoms with E-state index < -0.39 is 0 Å². The topological polar surface area (TPSA) is 44.5 Å². The molecule has 1 unspecified atom stereocenters. The third-order valence-electron chi connectivity index (χ3n) is 3.78. The van der Waals surface area contributed by atoms with E-state index in [0.29, 0.717) is 0 Å². The lowest BCUT2D eigenvalue weighted by atomic mass is 9.95. The third kappa shape index (κ3) is 3.06. The molecule has 0 fully saturated rings. The zero-order chi connectivity index (χ0) is 15.6. The Morgan fingerprint density at radius 2 is 1.71 bits per heavy atom. The van der Waals surface area contributed by atoms with Crippen LogP contribution in [0.2, 0.25) is 0 Å². The van der Waals surface area contributed by atoms with Gasteiger partial charge in [-0.2, -0.15) is 0 Å². The van der Waals surface area contributed by atoms with Crippen molar-refractivity contribution in [1.29, 1.82) is 0 Å². The molecule has 0 saturated carbocycles. The van der Waals surface area contributed by atoms with Crippen molar-refractivity contribution < 1.29 is 9.47 Å². The van der Waals surface area contributed by atoms with E-state index in [1.54, 1.807) is 14.2 Å². The molecule has 2 rings (SSSR count). The van der Waals surface area contributed by atoms with Crippen molar-refractivity contribution in [1.82, 2.24) is 0 Å². The summed E-state index contributed by atoms with van der Waals surface area (Å²) >= 11 is 3.56. The fraction of sp³-hybridized carbons (Fsp3) is 0.294. The fourth-order valence-electron chi connectivity index (χ4n) is 2.38. The van der Waals surface area contributed by atoms with Gasteiger partial charge in [-0.3, -0.25) is 0 Å². The van der Waals surface area contributed by atoms with Crippen molar-refractivity contribution in [2.75, 3.05) is 14.2 Å². The smallest absolute Gasteiger partial charge is 0.127 e. The van der Waals surface area contributed by atoms with E-state index in [1.165, 1.54) is 5.56 Å². The molecule has 0 aliphatic carbocycles. The second kappa shape index (κ2) is 6.50. The second-order valence-corrected chi connectivity index (χ2v) is 5.85. The van der Waals surface area contributed by atoms with Crippen LogP contribution in [-0.4, -0.2) is 14.2 Å². The zero-order valence-corrected chi connectivity index (χ0v) is 14.3. The molecule has 0 spiro atoms. The summed E-state index contributed by atoms with van der Waals surface area (Å²) in [6.45, 7) is 4.11. The third-order valence-corrected chi connectivity index (χ3v) is 4.51. The van der Waals surface area contributed by atoms with E-state index in [9.17, 15) is 0 Å². The average Bonchev–Trinajstić information content (AvgIpc) is 2.49. The maximum absolute atomic E-state index is 6.47. The highest BCUT2D eigenvalue weighted by Gasteiger charge is 2.19. The number of ether oxygens (including phenoxy) is 2. The Kier molecular flexibility index (Phi) is 4.91. The highest BCUT2D eigenvalue weighted by molar-refractivity contribution is 9.10. The van der Waals surface area contributed by atoms with Gasteiger partial charge >= 0.3 is 0 Å². The van der Waals surface area contributed by atoms with Crippen LogP contribution in [-0.2, 0) is 0 Å². The molecule has 0 amide bonds. The van der Waals surface area contributed by atoms with Gasteiger partial charge in [0.15, 0.2) is 0 Å². The molecule has 112 valence electrons. The lowest BCUT2D eigenvalue weighted by molar-refractivity contribution is 0.403. The molecule has 2 N–H and O–H groups in total. The van der Waals surface area contributed by atoms with Crippen LogP contribution in [0.1, 0.15) is 28.3 Å². The Morgan fingerprint density at radius 3 is 2.33 bits per heavy atom. The van der Waals surface area contributed by atoms with Crippen LogP contribution in [0.15, 0.2) is 34.8 Å². The molecule has 2 aromatic carbocycles. The molecule has 0 radical (unpaired) electrons. The molecular formula is C17H20BrNO2.